The van der Waals surface area contributed by atoms with Crippen LogP contribution in [0.1, 0.15) is 11.1 Å². The molecule has 1 saturated heterocycles. The third kappa shape index (κ3) is 8.68. The Hall–Kier alpha value is -7.01. The van der Waals surface area contributed by atoms with Gasteiger partial charge < -0.3 is 63.8 Å². The Labute approximate surface area is 316 Å². The van der Waals surface area contributed by atoms with Gasteiger partial charge in [-0.15, -0.1) is 0 Å². The Bertz CT molecular complexity index is 2350. The number of ether oxygens (including phenoxy) is 5. The molecule has 0 spiro atoms. The number of phenols is 5. The number of hydrogen-bond acceptors (Lipinski definition) is 16. The molecule has 4 aromatic carbocycles. The molecule has 1 aromatic heterocycles. The zero-order valence-electron chi connectivity index (χ0n) is 29.2. The van der Waals surface area contributed by atoms with Crippen molar-refractivity contribution in [1.82, 2.24) is 0 Å². The minimum Gasteiger partial charge on any atom is -0.508 e. The molecular weight excluding hydrogens is 736 g/mol. The number of esters is 2. The fourth-order valence-electron chi connectivity index (χ4n) is 5.67. The lowest BCUT2D eigenvalue weighted by atomic mass is 9.98. The van der Waals surface area contributed by atoms with E-state index in [2.05, 4.69) is 0 Å². The lowest BCUT2D eigenvalue weighted by Gasteiger charge is -2.41. The highest BCUT2D eigenvalue weighted by molar-refractivity contribution is 5.89. The van der Waals surface area contributed by atoms with Crippen molar-refractivity contribution in [1.29, 1.82) is 0 Å². The van der Waals surface area contributed by atoms with Crippen molar-refractivity contribution < 1.29 is 73.4 Å². The van der Waals surface area contributed by atoms with Crippen LogP contribution in [-0.4, -0.2) is 92.1 Å². The molecule has 290 valence electrons. The summed E-state index contributed by atoms with van der Waals surface area (Å²) in [6, 6.07) is 17.4. The Kier molecular flexibility index (Phi) is 11.4. The van der Waals surface area contributed by atoms with Crippen LogP contribution >= 0.6 is 0 Å². The molecule has 0 radical (unpaired) electrons. The first kappa shape index (κ1) is 38.7. The highest BCUT2D eigenvalue weighted by Crippen LogP contribution is 2.38. The largest absolute Gasteiger partial charge is 0.508 e. The van der Waals surface area contributed by atoms with E-state index < -0.39 is 77.3 Å². The van der Waals surface area contributed by atoms with E-state index in [9.17, 15) is 50.1 Å². The molecule has 56 heavy (non-hydrogen) atoms. The maximum atomic E-state index is 13.9. The predicted octanol–water partition coefficient (Wildman–Crippen LogP) is 3.70. The van der Waals surface area contributed by atoms with Gasteiger partial charge in [-0.2, -0.15) is 0 Å². The second-order valence-electron chi connectivity index (χ2n) is 12.3. The number of phenolic OH excluding ortho intramolecular Hbond substituents is 5. The second-order valence-corrected chi connectivity index (χ2v) is 12.3. The third-order valence-corrected chi connectivity index (χ3v) is 8.49. The van der Waals surface area contributed by atoms with E-state index in [1.54, 1.807) is 0 Å². The third-order valence-electron chi connectivity index (χ3n) is 8.49. The summed E-state index contributed by atoms with van der Waals surface area (Å²) in [5.74, 6) is -4.07. The van der Waals surface area contributed by atoms with Crippen LogP contribution in [0.5, 0.6) is 40.2 Å². The van der Waals surface area contributed by atoms with E-state index in [0.717, 1.165) is 24.3 Å². The van der Waals surface area contributed by atoms with Crippen LogP contribution in [0.2, 0.25) is 0 Å². The van der Waals surface area contributed by atoms with Crippen LogP contribution in [0.3, 0.4) is 0 Å². The standard InChI is InChI=1S/C40H34O16/c1-51-28-16-21(4-13-26(28)44)6-14-31(46)52-19-30-34(48)38(55-32(47)15-5-20-2-9-23(41)10-3-20)36(50)40(54-30)56-39-35(49)33-27(45)17-25(43)18-29(33)53-37(39)22-7-11-24(42)12-8-22/h2-18,30,34,36,38,40-45,48,50H,19H2,1H3/t30-,34+,36+,38+,40+/m0/s1. The average molecular weight is 771 g/mol. The molecule has 5 atom stereocenters. The van der Waals surface area contributed by atoms with E-state index in [1.165, 1.54) is 86.0 Å². The molecule has 6 rings (SSSR count). The maximum Gasteiger partial charge on any atom is 0.331 e. The van der Waals surface area contributed by atoms with Gasteiger partial charge in [-0.25, -0.2) is 9.59 Å². The SMILES string of the molecule is COc1cc(C=CC(=O)OC[C@@H]2O[C@H](Oc3c(-c4ccc(O)cc4)oc4cc(O)cc(O)c4c3=O)[C@H](O)[C@H](OC(=O)C=Cc3ccc(O)cc3)[C@@H]2O)ccc1O. The zero-order valence-corrected chi connectivity index (χ0v) is 29.2. The van der Waals surface area contributed by atoms with Gasteiger partial charge in [0.05, 0.1) is 7.11 Å². The Morgan fingerprint density at radius 3 is 2.09 bits per heavy atom. The fourth-order valence-corrected chi connectivity index (χ4v) is 5.67. The molecule has 0 saturated carbocycles. The van der Waals surface area contributed by atoms with Crippen molar-refractivity contribution >= 4 is 35.1 Å². The Balaban J connectivity index is 1.31. The smallest absolute Gasteiger partial charge is 0.331 e. The first-order valence-electron chi connectivity index (χ1n) is 16.7. The summed E-state index contributed by atoms with van der Waals surface area (Å²) in [5, 5.41) is 72.2. The van der Waals surface area contributed by atoms with Crippen LogP contribution in [0.15, 0.2) is 100 Å². The predicted molar refractivity (Wildman–Crippen MR) is 196 cm³/mol. The molecule has 1 fully saturated rings. The van der Waals surface area contributed by atoms with Crippen molar-refractivity contribution in [3.8, 4) is 51.6 Å². The molecule has 0 unspecified atom stereocenters. The van der Waals surface area contributed by atoms with E-state index >= 15 is 0 Å². The number of carbonyl (C=O) groups excluding carboxylic acids is 2. The number of fused-ring (bicyclic) bond motifs is 1. The van der Waals surface area contributed by atoms with Crippen molar-refractivity contribution in [2.45, 2.75) is 30.7 Å². The minimum absolute atomic E-state index is 0.00517. The van der Waals surface area contributed by atoms with Crippen LogP contribution in [-0.2, 0) is 23.8 Å². The Morgan fingerprint density at radius 1 is 0.750 bits per heavy atom. The number of benzene rings is 4. The number of rotatable bonds is 11. The van der Waals surface area contributed by atoms with Crippen molar-refractivity contribution in [2.24, 2.45) is 0 Å². The van der Waals surface area contributed by atoms with Gasteiger partial charge in [0.1, 0.15) is 52.8 Å². The highest BCUT2D eigenvalue weighted by atomic mass is 16.7. The van der Waals surface area contributed by atoms with Gasteiger partial charge in [0.15, 0.2) is 29.5 Å². The second kappa shape index (κ2) is 16.6. The average Bonchev–Trinajstić information content (AvgIpc) is 3.17. The lowest BCUT2D eigenvalue weighted by molar-refractivity contribution is -0.281. The quantitative estimate of drug-likeness (QED) is 0.0747. The number of carbonyl (C=O) groups is 2. The molecule has 7 N–H and O–H groups in total. The molecule has 0 bridgehead atoms. The van der Waals surface area contributed by atoms with Crippen LogP contribution in [0, 0.1) is 0 Å². The van der Waals surface area contributed by atoms with E-state index in [1.807, 2.05) is 0 Å². The topological polar surface area (TPSA) is 252 Å². The number of methoxy groups -OCH3 is 1. The maximum absolute atomic E-state index is 13.9. The minimum atomic E-state index is -2.01. The summed E-state index contributed by atoms with van der Waals surface area (Å²) in [6.07, 6.45) is -4.41. The van der Waals surface area contributed by atoms with Crippen molar-refractivity contribution in [3.63, 3.8) is 0 Å². The summed E-state index contributed by atoms with van der Waals surface area (Å²) >= 11 is 0. The normalized spacial score (nSPS) is 19.6. The molecule has 2 heterocycles. The summed E-state index contributed by atoms with van der Waals surface area (Å²) in [6.45, 7) is -0.690. The van der Waals surface area contributed by atoms with Crippen molar-refractivity contribution in [3.05, 3.63) is 112 Å². The summed E-state index contributed by atoms with van der Waals surface area (Å²) in [5.41, 5.74) is -0.110. The monoisotopic (exact) mass is 770 g/mol. The number of hydrogen-bond donors (Lipinski definition) is 7. The van der Waals surface area contributed by atoms with Gasteiger partial charge >= 0.3 is 11.9 Å². The van der Waals surface area contributed by atoms with Gasteiger partial charge in [0, 0.05) is 29.8 Å². The molecular formula is C40H34O16. The molecule has 16 nitrogen and oxygen atoms in total. The molecule has 5 aromatic rings. The molecule has 0 amide bonds. The lowest BCUT2D eigenvalue weighted by Crippen LogP contribution is -2.61. The zero-order chi connectivity index (χ0) is 40.1. The molecule has 1 aliphatic rings. The first-order valence-corrected chi connectivity index (χ1v) is 16.7. The Morgan fingerprint density at radius 2 is 1.39 bits per heavy atom. The van der Waals surface area contributed by atoms with E-state index in [0.29, 0.717) is 11.1 Å². The highest BCUT2D eigenvalue weighted by Gasteiger charge is 2.49. The first-order chi connectivity index (χ1) is 26.8. The number of aromatic hydroxyl groups is 5. The van der Waals surface area contributed by atoms with Crippen LogP contribution in [0.4, 0.5) is 0 Å². The van der Waals surface area contributed by atoms with Crippen LogP contribution < -0.4 is 14.9 Å². The van der Waals surface area contributed by atoms with Gasteiger partial charge in [0.2, 0.25) is 17.5 Å². The number of aliphatic hydroxyl groups excluding tert-OH is 2. The van der Waals surface area contributed by atoms with Crippen molar-refractivity contribution in [2.75, 3.05) is 13.7 Å². The summed E-state index contributed by atoms with van der Waals surface area (Å²) in [7, 11) is 1.35. The number of aliphatic hydroxyl groups is 2. The summed E-state index contributed by atoms with van der Waals surface area (Å²) < 4.78 is 33.5. The van der Waals surface area contributed by atoms with Gasteiger partial charge in [-0.3, -0.25) is 4.79 Å². The van der Waals surface area contributed by atoms with Crippen LogP contribution in [0.25, 0.3) is 34.4 Å². The van der Waals surface area contributed by atoms with Gasteiger partial charge in [-0.05, 0) is 71.8 Å². The fraction of sp³-hybridized carbons (Fsp3) is 0.175. The molecule has 16 heteroatoms. The van der Waals surface area contributed by atoms with Gasteiger partial charge in [-0.1, -0.05) is 18.2 Å². The van der Waals surface area contributed by atoms with Gasteiger partial charge in [0.25, 0.3) is 0 Å². The summed E-state index contributed by atoms with van der Waals surface area (Å²) in [4.78, 5) is 39.7. The molecule has 0 aliphatic carbocycles. The molecule has 1 aliphatic heterocycles. The van der Waals surface area contributed by atoms with E-state index in [4.69, 9.17) is 28.1 Å². The van der Waals surface area contributed by atoms with E-state index in [-0.39, 0.29) is 39.9 Å².